The van der Waals surface area contributed by atoms with Crippen LogP contribution in [0.4, 0.5) is 0 Å². The monoisotopic (exact) mass is 285 g/mol. The van der Waals surface area contributed by atoms with Crippen LogP contribution in [0.1, 0.15) is 25.3 Å². The number of aliphatic hydroxyl groups excluding tert-OH is 1. The molecule has 100 valence electrons. The van der Waals surface area contributed by atoms with Crippen LogP contribution in [-0.2, 0) is 6.54 Å². The van der Waals surface area contributed by atoms with Crippen molar-refractivity contribution < 1.29 is 5.11 Å². The first-order valence-corrected chi connectivity index (χ1v) is 7.81. The molecule has 1 unspecified atom stereocenters. The second-order valence-corrected chi connectivity index (χ2v) is 6.49. The molecular formula is C14H20ClNOS. The Labute approximate surface area is 118 Å². The summed E-state index contributed by atoms with van der Waals surface area (Å²) in [5.41, 5.74) is 1.24. The number of hydrogen-bond acceptors (Lipinski definition) is 3. The summed E-state index contributed by atoms with van der Waals surface area (Å²) in [6.45, 7) is 3.17. The van der Waals surface area contributed by atoms with Crippen molar-refractivity contribution in [2.24, 2.45) is 5.92 Å². The highest BCUT2D eigenvalue weighted by Crippen LogP contribution is 2.29. The highest BCUT2D eigenvalue weighted by molar-refractivity contribution is 7.99. The molecule has 0 aliphatic heterocycles. The summed E-state index contributed by atoms with van der Waals surface area (Å²) in [7, 11) is 0. The van der Waals surface area contributed by atoms with Crippen molar-refractivity contribution >= 4 is 23.4 Å². The lowest BCUT2D eigenvalue weighted by atomic mass is 10.2. The van der Waals surface area contributed by atoms with Gasteiger partial charge in [-0.3, -0.25) is 0 Å². The van der Waals surface area contributed by atoms with E-state index in [1.165, 1.54) is 18.4 Å². The molecular weight excluding hydrogens is 266 g/mol. The predicted molar refractivity (Wildman–Crippen MR) is 78.3 cm³/mol. The molecule has 2 nitrogen and oxygen atoms in total. The summed E-state index contributed by atoms with van der Waals surface area (Å²) >= 11 is 7.99. The molecule has 0 bridgehead atoms. The molecule has 4 heteroatoms. The molecule has 1 atom stereocenters. The number of halogens is 1. The van der Waals surface area contributed by atoms with Gasteiger partial charge in [0.05, 0.1) is 5.02 Å². The van der Waals surface area contributed by atoms with Gasteiger partial charge in [0.15, 0.2) is 0 Å². The van der Waals surface area contributed by atoms with Crippen molar-refractivity contribution in [1.82, 2.24) is 5.32 Å². The fraction of sp³-hybridized carbons (Fsp3) is 0.571. The second kappa shape index (κ2) is 6.80. The van der Waals surface area contributed by atoms with E-state index >= 15 is 0 Å². The zero-order valence-corrected chi connectivity index (χ0v) is 12.2. The summed E-state index contributed by atoms with van der Waals surface area (Å²) in [6, 6.07) is 6.99. The fourth-order valence-electron chi connectivity index (χ4n) is 1.61. The molecule has 1 aromatic carbocycles. The first-order valence-electron chi connectivity index (χ1n) is 6.44. The molecule has 0 radical (unpaired) electrons. The fourth-order valence-corrected chi connectivity index (χ4v) is 2.90. The maximum absolute atomic E-state index is 9.00. The number of hydrogen-bond donors (Lipinski definition) is 2. The number of benzene rings is 1. The molecule has 1 aliphatic rings. The van der Waals surface area contributed by atoms with Gasteiger partial charge in [0.2, 0.25) is 0 Å². The zero-order chi connectivity index (χ0) is 13.0. The Morgan fingerprint density at radius 1 is 1.50 bits per heavy atom. The van der Waals surface area contributed by atoms with Crippen molar-refractivity contribution in [3.8, 4) is 0 Å². The van der Waals surface area contributed by atoms with E-state index in [0.29, 0.717) is 5.92 Å². The smallest absolute Gasteiger partial charge is 0.0545 e. The minimum Gasteiger partial charge on any atom is -0.396 e. The maximum atomic E-state index is 9.00. The van der Waals surface area contributed by atoms with Crippen LogP contribution in [0.15, 0.2) is 23.1 Å². The van der Waals surface area contributed by atoms with Gasteiger partial charge in [-0.25, -0.2) is 0 Å². The lowest BCUT2D eigenvalue weighted by Gasteiger charge is -2.10. The van der Waals surface area contributed by atoms with E-state index in [1.807, 2.05) is 13.0 Å². The molecule has 2 N–H and O–H groups in total. The van der Waals surface area contributed by atoms with Crippen LogP contribution in [-0.4, -0.2) is 23.5 Å². The van der Waals surface area contributed by atoms with E-state index < -0.39 is 0 Å². The van der Waals surface area contributed by atoms with Gasteiger partial charge in [0.25, 0.3) is 0 Å². The number of rotatable bonds is 7. The Bertz CT molecular complexity index is 395. The normalized spacial score (nSPS) is 16.8. The molecule has 2 rings (SSSR count). The average molecular weight is 286 g/mol. The summed E-state index contributed by atoms with van der Waals surface area (Å²) in [4.78, 5) is 1.10. The highest BCUT2D eigenvalue weighted by atomic mass is 35.5. The van der Waals surface area contributed by atoms with E-state index in [-0.39, 0.29) is 6.61 Å². The van der Waals surface area contributed by atoms with Crippen molar-refractivity contribution in [3.63, 3.8) is 0 Å². The van der Waals surface area contributed by atoms with Crippen LogP contribution in [0.3, 0.4) is 0 Å². The molecule has 1 aliphatic carbocycles. The first kappa shape index (κ1) is 14.2. The third kappa shape index (κ3) is 4.47. The quantitative estimate of drug-likeness (QED) is 0.754. The third-order valence-electron chi connectivity index (χ3n) is 3.00. The average Bonchev–Trinajstić information content (AvgIpc) is 3.18. The van der Waals surface area contributed by atoms with Crippen LogP contribution in [0, 0.1) is 5.92 Å². The van der Waals surface area contributed by atoms with Gasteiger partial charge in [-0.2, -0.15) is 0 Å². The lowest BCUT2D eigenvalue weighted by molar-refractivity contribution is 0.250. The van der Waals surface area contributed by atoms with Crippen LogP contribution >= 0.6 is 23.4 Å². The van der Waals surface area contributed by atoms with E-state index in [4.69, 9.17) is 16.7 Å². The molecule has 18 heavy (non-hydrogen) atoms. The van der Waals surface area contributed by atoms with Crippen LogP contribution in [0.5, 0.6) is 0 Å². The number of aliphatic hydroxyl groups is 1. The van der Waals surface area contributed by atoms with Gasteiger partial charge in [0.1, 0.15) is 0 Å². The number of nitrogens with one attached hydrogen (secondary N) is 1. The molecule has 0 saturated heterocycles. The summed E-state index contributed by atoms with van der Waals surface area (Å²) < 4.78 is 0. The predicted octanol–water partition coefficient (Wildman–Crippen LogP) is 3.31. The van der Waals surface area contributed by atoms with Gasteiger partial charge in [0, 0.05) is 29.8 Å². The van der Waals surface area contributed by atoms with Gasteiger partial charge < -0.3 is 10.4 Å². The van der Waals surface area contributed by atoms with E-state index in [1.54, 1.807) is 11.8 Å². The largest absolute Gasteiger partial charge is 0.396 e. The Morgan fingerprint density at radius 3 is 2.89 bits per heavy atom. The molecule has 0 amide bonds. The van der Waals surface area contributed by atoms with Crippen molar-refractivity contribution in [2.45, 2.75) is 37.2 Å². The minimum absolute atomic E-state index is 0.230. The highest BCUT2D eigenvalue weighted by Gasteiger charge is 2.19. The van der Waals surface area contributed by atoms with Gasteiger partial charge in [-0.05, 0) is 36.5 Å². The van der Waals surface area contributed by atoms with Gasteiger partial charge in [-0.15, -0.1) is 11.8 Å². The second-order valence-electron chi connectivity index (χ2n) is 5.02. The Hall–Kier alpha value is -0.220. The maximum Gasteiger partial charge on any atom is 0.0545 e. The standard InChI is InChI=1S/C14H20ClNOS/c1-10(8-17)9-18-14-5-2-11(6-13(14)15)7-16-12-3-4-12/h2,5-6,10,12,16-17H,3-4,7-9H2,1H3. The van der Waals surface area contributed by atoms with Crippen molar-refractivity contribution in [1.29, 1.82) is 0 Å². The van der Waals surface area contributed by atoms with Crippen molar-refractivity contribution in [2.75, 3.05) is 12.4 Å². The molecule has 1 saturated carbocycles. The summed E-state index contributed by atoms with van der Waals surface area (Å²) in [5, 5.41) is 13.3. The Balaban J connectivity index is 1.87. The third-order valence-corrected chi connectivity index (χ3v) is 4.83. The minimum atomic E-state index is 0.230. The summed E-state index contributed by atoms with van der Waals surface area (Å²) in [6.07, 6.45) is 2.61. The topological polar surface area (TPSA) is 32.3 Å². The van der Waals surface area contributed by atoms with Crippen LogP contribution in [0.25, 0.3) is 0 Å². The van der Waals surface area contributed by atoms with Gasteiger partial charge in [-0.1, -0.05) is 24.6 Å². The van der Waals surface area contributed by atoms with Crippen LogP contribution in [0.2, 0.25) is 5.02 Å². The number of thioether (sulfide) groups is 1. The van der Waals surface area contributed by atoms with Crippen molar-refractivity contribution in [3.05, 3.63) is 28.8 Å². The molecule has 0 aromatic heterocycles. The Morgan fingerprint density at radius 2 is 2.28 bits per heavy atom. The van der Waals surface area contributed by atoms with E-state index in [2.05, 4.69) is 17.4 Å². The van der Waals surface area contributed by atoms with Gasteiger partial charge >= 0.3 is 0 Å². The first-order chi connectivity index (χ1) is 8.69. The zero-order valence-electron chi connectivity index (χ0n) is 10.7. The molecule has 0 heterocycles. The molecule has 0 spiro atoms. The van der Waals surface area contributed by atoms with E-state index in [9.17, 15) is 0 Å². The lowest BCUT2D eigenvalue weighted by Crippen LogP contribution is -2.15. The Kier molecular flexibility index (Phi) is 5.37. The summed E-state index contributed by atoms with van der Waals surface area (Å²) in [5.74, 6) is 1.21. The molecule has 1 aromatic rings. The molecule has 1 fully saturated rings. The SMILES string of the molecule is CC(CO)CSc1ccc(CNC2CC2)cc1Cl. The van der Waals surface area contributed by atoms with E-state index in [0.717, 1.165) is 28.3 Å². The van der Waals surface area contributed by atoms with Crippen LogP contribution < -0.4 is 5.32 Å².